The smallest absolute Gasteiger partial charge is 0.205 e. The van der Waals surface area contributed by atoms with Gasteiger partial charge in [0.05, 0.1) is 19.1 Å². The Bertz CT molecular complexity index is 944. The largest absolute Gasteiger partial charge is 0.508 e. The predicted molar refractivity (Wildman–Crippen MR) is 105 cm³/mol. The molecular weight excluding hydrogens is 356 g/mol. The summed E-state index contributed by atoms with van der Waals surface area (Å²) in [7, 11) is 0. The molecular formula is C22H24N2O4. The molecule has 0 aliphatic carbocycles. The van der Waals surface area contributed by atoms with Crippen LogP contribution < -0.4 is 19.9 Å². The fourth-order valence-electron chi connectivity index (χ4n) is 3.14. The number of nitriles is 1. The second kappa shape index (κ2) is 8.13. The summed E-state index contributed by atoms with van der Waals surface area (Å²) in [6.45, 7) is 7.13. The van der Waals surface area contributed by atoms with Crippen LogP contribution in [0.4, 0.5) is 0 Å². The first kappa shape index (κ1) is 19.4. The standard InChI is InChI=1S/C22H24N2O4/c1-4-26-20-9-14(5-8-18(20)27-12-13(2)3)21-16-7-6-15(25)10-19(16)28-22(24)17(21)11-23/h5-10,13,21,25H,4,12,24H2,1-3H3/t21-/m1/s1. The van der Waals surface area contributed by atoms with Gasteiger partial charge in [0.25, 0.3) is 0 Å². The monoisotopic (exact) mass is 380 g/mol. The van der Waals surface area contributed by atoms with Crippen molar-refractivity contribution in [1.82, 2.24) is 0 Å². The van der Waals surface area contributed by atoms with Crippen molar-refractivity contribution in [3.05, 3.63) is 59.0 Å². The highest BCUT2D eigenvalue weighted by Crippen LogP contribution is 2.45. The van der Waals surface area contributed by atoms with Gasteiger partial charge in [-0.15, -0.1) is 0 Å². The molecule has 0 fully saturated rings. The molecule has 0 aromatic heterocycles. The van der Waals surface area contributed by atoms with E-state index in [2.05, 4.69) is 19.9 Å². The van der Waals surface area contributed by atoms with E-state index in [4.69, 9.17) is 19.9 Å². The van der Waals surface area contributed by atoms with Gasteiger partial charge in [-0.25, -0.2) is 0 Å². The van der Waals surface area contributed by atoms with Gasteiger partial charge in [0.15, 0.2) is 11.5 Å². The van der Waals surface area contributed by atoms with Crippen molar-refractivity contribution < 1.29 is 19.3 Å². The van der Waals surface area contributed by atoms with Crippen LogP contribution in [0.15, 0.2) is 47.9 Å². The summed E-state index contributed by atoms with van der Waals surface area (Å²) in [5.74, 6) is 1.77. The Labute approximate surface area is 164 Å². The van der Waals surface area contributed by atoms with Crippen molar-refractivity contribution in [2.24, 2.45) is 11.7 Å². The fraction of sp³-hybridized carbons (Fsp3) is 0.318. The molecule has 6 heteroatoms. The van der Waals surface area contributed by atoms with E-state index in [1.54, 1.807) is 12.1 Å². The molecule has 3 rings (SSSR count). The molecule has 6 nitrogen and oxygen atoms in total. The van der Waals surface area contributed by atoms with Gasteiger partial charge in [-0.2, -0.15) is 5.26 Å². The summed E-state index contributed by atoms with van der Waals surface area (Å²) >= 11 is 0. The fourth-order valence-corrected chi connectivity index (χ4v) is 3.14. The lowest BCUT2D eigenvalue weighted by atomic mass is 9.83. The Hall–Kier alpha value is -3.33. The topological polar surface area (TPSA) is 97.7 Å². The minimum atomic E-state index is -0.423. The van der Waals surface area contributed by atoms with Crippen molar-refractivity contribution in [3.8, 4) is 29.1 Å². The van der Waals surface area contributed by atoms with Gasteiger partial charge >= 0.3 is 0 Å². The molecule has 1 aliphatic heterocycles. The average molecular weight is 380 g/mol. The van der Waals surface area contributed by atoms with E-state index in [0.717, 1.165) is 11.1 Å². The molecule has 0 spiro atoms. The normalized spacial score (nSPS) is 15.6. The number of ether oxygens (including phenoxy) is 3. The molecule has 0 saturated carbocycles. The third-order valence-corrected chi connectivity index (χ3v) is 4.38. The van der Waals surface area contributed by atoms with E-state index in [9.17, 15) is 10.4 Å². The maximum absolute atomic E-state index is 9.77. The van der Waals surface area contributed by atoms with Gasteiger partial charge in [-0.3, -0.25) is 0 Å². The Morgan fingerprint density at radius 3 is 2.64 bits per heavy atom. The summed E-state index contributed by atoms with van der Waals surface area (Å²) in [5, 5.41) is 19.4. The van der Waals surface area contributed by atoms with Crippen LogP contribution in [0.2, 0.25) is 0 Å². The maximum Gasteiger partial charge on any atom is 0.205 e. The molecule has 28 heavy (non-hydrogen) atoms. The Balaban J connectivity index is 2.08. The second-order valence-corrected chi connectivity index (χ2v) is 6.99. The molecule has 1 heterocycles. The highest BCUT2D eigenvalue weighted by atomic mass is 16.5. The van der Waals surface area contributed by atoms with Gasteiger partial charge in [0, 0.05) is 11.6 Å². The molecule has 1 aliphatic rings. The molecule has 2 aromatic rings. The minimum absolute atomic E-state index is 0.0312. The van der Waals surface area contributed by atoms with Gasteiger partial charge in [-0.1, -0.05) is 26.0 Å². The number of phenols is 1. The third-order valence-electron chi connectivity index (χ3n) is 4.38. The molecule has 1 atom stereocenters. The van der Waals surface area contributed by atoms with E-state index >= 15 is 0 Å². The van der Waals surface area contributed by atoms with Crippen LogP contribution in [0.25, 0.3) is 0 Å². The van der Waals surface area contributed by atoms with Crippen LogP contribution in [0.5, 0.6) is 23.0 Å². The zero-order chi connectivity index (χ0) is 20.3. The SMILES string of the molecule is CCOc1cc([C@H]2C(C#N)=C(N)Oc3cc(O)ccc32)ccc1OCC(C)C. The number of aromatic hydroxyl groups is 1. The van der Waals surface area contributed by atoms with Gasteiger partial charge < -0.3 is 25.1 Å². The highest BCUT2D eigenvalue weighted by Gasteiger charge is 2.31. The number of phenolic OH excluding ortho intramolecular Hbond substituents is 1. The number of hydrogen-bond donors (Lipinski definition) is 2. The number of hydrogen-bond acceptors (Lipinski definition) is 6. The number of allylic oxidation sites excluding steroid dienone is 1. The van der Waals surface area contributed by atoms with Crippen LogP contribution in [0, 0.1) is 17.2 Å². The van der Waals surface area contributed by atoms with Crippen LogP contribution >= 0.6 is 0 Å². The predicted octanol–water partition coefficient (Wildman–Crippen LogP) is 4.04. The quantitative estimate of drug-likeness (QED) is 0.785. The number of nitrogens with zero attached hydrogens (tertiary/aromatic N) is 1. The van der Waals surface area contributed by atoms with Crippen molar-refractivity contribution in [2.45, 2.75) is 26.7 Å². The number of rotatable bonds is 6. The molecule has 146 valence electrons. The third kappa shape index (κ3) is 3.84. The minimum Gasteiger partial charge on any atom is -0.508 e. The van der Waals surface area contributed by atoms with Gasteiger partial charge in [0.1, 0.15) is 23.1 Å². The van der Waals surface area contributed by atoms with E-state index in [1.165, 1.54) is 6.07 Å². The molecule has 3 N–H and O–H groups in total. The van der Waals surface area contributed by atoms with Crippen molar-refractivity contribution in [3.63, 3.8) is 0 Å². The first-order valence-corrected chi connectivity index (χ1v) is 9.24. The lowest BCUT2D eigenvalue weighted by Gasteiger charge is -2.27. The Morgan fingerprint density at radius 2 is 1.96 bits per heavy atom. The molecule has 0 unspecified atom stereocenters. The highest BCUT2D eigenvalue weighted by molar-refractivity contribution is 5.58. The van der Waals surface area contributed by atoms with Gasteiger partial charge in [0.2, 0.25) is 5.88 Å². The van der Waals surface area contributed by atoms with Crippen LogP contribution in [-0.4, -0.2) is 18.3 Å². The van der Waals surface area contributed by atoms with Crippen molar-refractivity contribution in [1.29, 1.82) is 5.26 Å². The summed E-state index contributed by atoms with van der Waals surface area (Å²) < 4.78 is 17.2. The second-order valence-electron chi connectivity index (χ2n) is 6.99. The van der Waals surface area contributed by atoms with Crippen LogP contribution in [-0.2, 0) is 0 Å². The summed E-state index contributed by atoms with van der Waals surface area (Å²) in [6, 6.07) is 12.6. The average Bonchev–Trinajstić information content (AvgIpc) is 2.65. The number of fused-ring (bicyclic) bond motifs is 1. The van der Waals surface area contributed by atoms with Gasteiger partial charge in [-0.05, 0) is 36.6 Å². The summed E-state index contributed by atoms with van der Waals surface area (Å²) in [5.41, 5.74) is 7.88. The lowest BCUT2D eigenvalue weighted by Crippen LogP contribution is -2.21. The lowest BCUT2D eigenvalue weighted by molar-refractivity contribution is 0.248. The zero-order valence-electron chi connectivity index (χ0n) is 16.2. The van der Waals surface area contributed by atoms with Crippen molar-refractivity contribution >= 4 is 0 Å². The van der Waals surface area contributed by atoms with Crippen molar-refractivity contribution in [2.75, 3.05) is 13.2 Å². The molecule has 2 aromatic carbocycles. The Kier molecular flexibility index (Phi) is 5.65. The van der Waals surface area contributed by atoms with E-state index in [-0.39, 0.29) is 11.6 Å². The van der Waals surface area contributed by atoms with E-state index in [0.29, 0.717) is 42.0 Å². The Morgan fingerprint density at radius 1 is 1.18 bits per heavy atom. The van der Waals surface area contributed by atoms with Crippen LogP contribution in [0.3, 0.4) is 0 Å². The number of nitrogens with two attached hydrogens (primary N) is 1. The van der Waals surface area contributed by atoms with Crippen LogP contribution in [0.1, 0.15) is 37.8 Å². The molecule has 0 radical (unpaired) electrons. The number of benzene rings is 2. The summed E-state index contributed by atoms with van der Waals surface area (Å²) in [4.78, 5) is 0. The summed E-state index contributed by atoms with van der Waals surface area (Å²) in [6.07, 6.45) is 0. The van der Waals surface area contributed by atoms with E-state index in [1.807, 2.05) is 25.1 Å². The molecule has 0 amide bonds. The van der Waals surface area contributed by atoms with E-state index < -0.39 is 5.92 Å². The maximum atomic E-state index is 9.77. The first-order chi connectivity index (χ1) is 13.4. The molecule has 0 bridgehead atoms. The zero-order valence-corrected chi connectivity index (χ0v) is 16.2. The molecule has 0 saturated heterocycles. The first-order valence-electron chi connectivity index (χ1n) is 9.24.